The number of benzene rings is 2. The van der Waals surface area contributed by atoms with Gasteiger partial charge in [0.15, 0.2) is 0 Å². The summed E-state index contributed by atoms with van der Waals surface area (Å²) in [5.41, 5.74) is 3.70. The molecule has 5 heteroatoms. The monoisotopic (exact) mass is 340 g/mol. The van der Waals surface area contributed by atoms with Crippen LogP contribution < -0.4 is 0 Å². The molecule has 0 fully saturated rings. The molecule has 24 heavy (non-hydrogen) atoms. The Bertz CT molecular complexity index is 781. The number of nitrogens with one attached hydrogen (secondary N) is 1. The fourth-order valence-electron chi connectivity index (χ4n) is 2.35. The molecule has 1 N–H and O–H groups in total. The molecular weight excluding hydrogens is 324 g/mol. The molecule has 0 saturated carbocycles. The quantitative estimate of drug-likeness (QED) is 0.689. The maximum atomic E-state index is 12.1. The van der Waals surface area contributed by atoms with Crippen LogP contribution in [0.25, 0.3) is 0 Å². The second-order valence-electron chi connectivity index (χ2n) is 5.45. The van der Waals surface area contributed by atoms with E-state index in [-0.39, 0.29) is 5.97 Å². The largest absolute Gasteiger partial charge is 0.462 e. The molecule has 3 rings (SSSR count). The number of aromatic amines is 1. The van der Waals surface area contributed by atoms with Gasteiger partial charge in [0.1, 0.15) is 0 Å². The fraction of sp³-hybridized carbons (Fsp3) is 0.158. The molecular formula is C19H17ClN2O2. The summed E-state index contributed by atoms with van der Waals surface area (Å²) < 4.78 is 5.32. The van der Waals surface area contributed by atoms with Crippen LogP contribution in [0.2, 0.25) is 5.02 Å². The third kappa shape index (κ3) is 4.46. The van der Waals surface area contributed by atoms with E-state index in [4.69, 9.17) is 16.3 Å². The average Bonchev–Trinajstić information content (AvgIpc) is 3.10. The number of hydrogen-bond acceptors (Lipinski definition) is 3. The minimum absolute atomic E-state index is 0.310. The lowest BCUT2D eigenvalue weighted by molar-refractivity contribution is 0.0509. The Balaban J connectivity index is 1.50. The highest BCUT2D eigenvalue weighted by Gasteiger charge is 2.07. The van der Waals surface area contributed by atoms with Crippen LogP contribution in [0.4, 0.5) is 0 Å². The lowest BCUT2D eigenvalue weighted by atomic mass is 10.1. The normalized spacial score (nSPS) is 10.5. The zero-order valence-corrected chi connectivity index (χ0v) is 13.8. The molecule has 1 heterocycles. The number of ether oxygens (including phenoxy) is 1. The predicted octanol–water partition coefficient (Wildman–Crippen LogP) is 4.05. The summed E-state index contributed by atoms with van der Waals surface area (Å²) in [6, 6.07) is 14.9. The molecule has 0 unspecified atom stereocenters. The second-order valence-corrected chi connectivity index (χ2v) is 5.88. The number of aromatic nitrogens is 2. The zero-order valence-electron chi connectivity index (χ0n) is 13.0. The molecule has 3 aromatic rings. The summed E-state index contributed by atoms with van der Waals surface area (Å²) in [7, 11) is 0. The number of carbonyl (C=O) groups excluding carboxylic acids is 1. The number of rotatable bonds is 6. The number of carbonyl (C=O) groups is 1. The molecule has 0 aliphatic rings. The van der Waals surface area contributed by atoms with Crippen LogP contribution in [-0.2, 0) is 17.6 Å². The van der Waals surface area contributed by atoms with Crippen molar-refractivity contribution in [1.82, 2.24) is 9.97 Å². The van der Waals surface area contributed by atoms with Crippen LogP contribution >= 0.6 is 11.6 Å². The molecule has 0 saturated heterocycles. The van der Waals surface area contributed by atoms with Crippen molar-refractivity contribution in [3.63, 3.8) is 0 Å². The van der Waals surface area contributed by atoms with Crippen molar-refractivity contribution in [3.8, 4) is 0 Å². The van der Waals surface area contributed by atoms with Crippen molar-refractivity contribution >= 4 is 17.6 Å². The number of nitrogens with zero attached hydrogens (tertiary/aromatic N) is 1. The van der Waals surface area contributed by atoms with Gasteiger partial charge in [-0.3, -0.25) is 0 Å². The Morgan fingerprint density at radius 1 is 1.04 bits per heavy atom. The van der Waals surface area contributed by atoms with Gasteiger partial charge in [-0.2, -0.15) is 0 Å². The summed E-state index contributed by atoms with van der Waals surface area (Å²) in [5.74, 6) is -0.310. The summed E-state index contributed by atoms with van der Waals surface area (Å²) in [6.07, 6.45) is 4.91. The van der Waals surface area contributed by atoms with Crippen LogP contribution in [0.1, 0.15) is 27.2 Å². The van der Waals surface area contributed by atoms with Crippen LogP contribution in [0.3, 0.4) is 0 Å². The van der Waals surface area contributed by atoms with Crippen molar-refractivity contribution in [2.75, 3.05) is 6.61 Å². The van der Waals surface area contributed by atoms with Gasteiger partial charge in [-0.25, -0.2) is 9.78 Å². The van der Waals surface area contributed by atoms with Gasteiger partial charge in [-0.15, -0.1) is 0 Å². The van der Waals surface area contributed by atoms with Gasteiger partial charge in [0.2, 0.25) is 0 Å². The van der Waals surface area contributed by atoms with Crippen LogP contribution in [0.5, 0.6) is 0 Å². The van der Waals surface area contributed by atoms with Crippen LogP contribution in [-0.4, -0.2) is 22.5 Å². The predicted molar refractivity (Wildman–Crippen MR) is 93.3 cm³/mol. The molecule has 0 spiro atoms. The highest BCUT2D eigenvalue weighted by atomic mass is 35.5. The Morgan fingerprint density at radius 2 is 1.75 bits per heavy atom. The molecule has 4 nitrogen and oxygen atoms in total. The number of halogens is 1. The Morgan fingerprint density at radius 3 is 2.42 bits per heavy atom. The lowest BCUT2D eigenvalue weighted by Crippen LogP contribution is -2.08. The molecule has 1 aromatic heterocycles. The van der Waals surface area contributed by atoms with Crippen molar-refractivity contribution in [1.29, 1.82) is 0 Å². The Hall–Kier alpha value is -2.59. The third-order valence-electron chi connectivity index (χ3n) is 3.67. The maximum absolute atomic E-state index is 12.1. The third-order valence-corrected chi connectivity index (χ3v) is 3.92. The van der Waals surface area contributed by atoms with E-state index in [2.05, 4.69) is 9.97 Å². The lowest BCUT2D eigenvalue weighted by Gasteiger charge is -2.06. The van der Waals surface area contributed by atoms with Gasteiger partial charge in [0.25, 0.3) is 0 Å². The molecule has 0 amide bonds. The minimum atomic E-state index is -0.310. The molecule has 0 aliphatic heterocycles. The van der Waals surface area contributed by atoms with E-state index in [1.807, 2.05) is 42.6 Å². The number of esters is 1. The fourth-order valence-corrected chi connectivity index (χ4v) is 2.48. The maximum Gasteiger partial charge on any atom is 0.338 e. The standard InChI is InChI=1S/C19H17ClN2O2/c20-17-7-3-14(4-8-17)9-10-24-19(23)16-5-1-15(2-6-16)11-18-12-21-13-22-18/h1-8,12-13H,9-11H2,(H,21,22). The molecule has 0 aliphatic carbocycles. The Kier molecular flexibility index (Phi) is 5.29. The first kappa shape index (κ1) is 16.3. The first-order chi connectivity index (χ1) is 11.7. The van der Waals surface area contributed by atoms with E-state index >= 15 is 0 Å². The Labute approximate surface area is 145 Å². The van der Waals surface area contributed by atoms with Crippen molar-refractivity contribution in [3.05, 3.63) is 88.5 Å². The topological polar surface area (TPSA) is 55.0 Å². The molecule has 0 radical (unpaired) electrons. The minimum Gasteiger partial charge on any atom is -0.462 e. The smallest absolute Gasteiger partial charge is 0.338 e. The van der Waals surface area contributed by atoms with Crippen LogP contribution in [0.15, 0.2) is 61.1 Å². The van der Waals surface area contributed by atoms with Crippen LogP contribution in [0, 0.1) is 0 Å². The van der Waals surface area contributed by atoms with E-state index in [9.17, 15) is 4.79 Å². The number of imidazole rings is 1. The van der Waals surface area contributed by atoms with Crippen molar-refractivity contribution in [2.24, 2.45) is 0 Å². The van der Waals surface area contributed by atoms with Gasteiger partial charge in [-0.1, -0.05) is 35.9 Å². The summed E-state index contributed by atoms with van der Waals surface area (Å²) in [4.78, 5) is 19.2. The van der Waals surface area contributed by atoms with Gasteiger partial charge in [0.05, 0.1) is 24.2 Å². The van der Waals surface area contributed by atoms with E-state index < -0.39 is 0 Å². The summed E-state index contributed by atoms with van der Waals surface area (Å²) in [5, 5.41) is 0.700. The molecule has 0 atom stereocenters. The van der Waals surface area contributed by atoms with E-state index in [0.717, 1.165) is 23.2 Å². The van der Waals surface area contributed by atoms with Gasteiger partial charge >= 0.3 is 5.97 Å². The molecule has 122 valence electrons. The second kappa shape index (κ2) is 7.79. The zero-order chi connectivity index (χ0) is 16.8. The molecule has 0 bridgehead atoms. The van der Waals surface area contributed by atoms with E-state index in [1.54, 1.807) is 18.5 Å². The van der Waals surface area contributed by atoms with Crippen molar-refractivity contribution < 1.29 is 9.53 Å². The first-order valence-corrected chi connectivity index (χ1v) is 8.07. The summed E-state index contributed by atoms with van der Waals surface area (Å²) in [6.45, 7) is 0.343. The van der Waals surface area contributed by atoms with E-state index in [1.165, 1.54) is 0 Å². The highest BCUT2D eigenvalue weighted by molar-refractivity contribution is 6.30. The van der Waals surface area contributed by atoms with Gasteiger partial charge in [0, 0.05) is 24.1 Å². The number of hydrogen-bond donors (Lipinski definition) is 1. The molecule has 2 aromatic carbocycles. The average molecular weight is 341 g/mol. The van der Waals surface area contributed by atoms with Gasteiger partial charge < -0.3 is 9.72 Å². The summed E-state index contributed by atoms with van der Waals surface area (Å²) >= 11 is 5.84. The van der Waals surface area contributed by atoms with E-state index in [0.29, 0.717) is 23.6 Å². The highest BCUT2D eigenvalue weighted by Crippen LogP contribution is 2.12. The number of H-pyrrole nitrogens is 1. The SMILES string of the molecule is O=C(OCCc1ccc(Cl)cc1)c1ccc(Cc2c[nH]cn2)cc1. The van der Waals surface area contributed by atoms with Crippen molar-refractivity contribution in [2.45, 2.75) is 12.8 Å². The first-order valence-electron chi connectivity index (χ1n) is 7.69. The van der Waals surface area contributed by atoms with Gasteiger partial charge in [-0.05, 0) is 35.4 Å².